The number of anilines is 1. The zero-order valence-electron chi connectivity index (χ0n) is 18.8. The summed E-state index contributed by atoms with van der Waals surface area (Å²) in [7, 11) is -3.60. The number of ether oxygens (including phenoxy) is 1. The van der Waals surface area contributed by atoms with Gasteiger partial charge in [0.05, 0.1) is 11.4 Å². The van der Waals surface area contributed by atoms with Crippen LogP contribution in [0.3, 0.4) is 0 Å². The normalized spacial score (nSPS) is 20.1. The molecule has 0 spiro atoms. The summed E-state index contributed by atoms with van der Waals surface area (Å²) in [5.41, 5.74) is 7.10. The van der Waals surface area contributed by atoms with Crippen LogP contribution in [0.25, 0.3) is 0 Å². The molecule has 3 N–H and O–H groups in total. The Balaban J connectivity index is 1.64. The summed E-state index contributed by atoms with van der Waals surface area (Å²) in [5.74, 6) is 0.501. The fourth-order valence-electron chi connectivity index (χ4n) is 4.13. The molecule has 9 heteroatoms. The highest BCUT2D eigenvalue weighted by atomic mass is 32.2. The zero-order chi connectivity index (χ0) is 23.3. The van der Waals surface area contributed by atoms with E-state index in [-0.39, 0.29) is 29.4 Å². The largest absolute Gasteiger partial charge is 0.492 e. The molecule has 0 radical (unpaired) electrons. The highest BCUT2D eigenvalue weighted by Gasteiger charge is 2.38. The van der Waals surface area contributed by atoms with E-state index in [1.807, 2.05) is 37.8 Å². The van der Waals surface area contributed by atoms with Gasteiger partial charge < -0.3 is 15.8 Å². The molecule has 3 rings (SSSR count). The van der Waals surface area contributed by atoms with Crippen molar-refractivity contribution in [2.45, 2.75) is 37.8 Å². The number of aryl methyl sites for hydroxylation is 1. The van der Waals surface area contributed by atoms with Crippen LogP contribution in [0.1, 0.15) is 19.4 Å². The lowest BCUT2D eigenvalue weighted by molar-refractivity contribution is -0.118. The van der Waals surface area contributed by atoms with Crippen molar-refractivity contribution in [1.82, 2.24) is 9.21 Å². The summed E-state index contributed by atoms with van der Waals surface area (Å²) in [6, 6.07) is 13.5. The van der Waals surface area contributed by atoms with Gasteiger partial charge in [0.1, 0.15) is 12.4 Å². The number of rotatable bonds is 8. The Hall–Kier alpha value is -2.46. The van der Waals surface area contributed by atoms with Crippen LogP contribution in [0.15, 0.2) is 53.4 Å². The van der Waals surface area contributed by atoms with Crippen LogP contribution in [-0.2, 0) is 14.8 Å². The minimum Gasteiger partial charge on any atom is -0.492 e. The van der Waals surface area contributed by atoms with Crippen molar-refractivity contribution in [3.63, 3.8) is 0 Å². The number of hydrogen-bond donors (Lipinski definition) is 2. The maximum atomic E-state index is 13.1. The Morgan fingerprint density at radius 1 is 1.12 bits per heavy atom. The Bertz CT molecular complexity index is 1020. The van der Waals surface area contributed by atoms with Crippen molar-refractivity contribution in [2.75, 3.05) is 38.1 Å². The van der Waals surface area contributed by atoms with E-state index in [2.05, 4.69) is 5.32 Å². The highest BCUT2D eigenvalue weighted by molar-refractivity contribution is 7.89. The fraction of sp³-hybridized carbons (Fsp3) is 0.435. The maximum Gasteiger partial charge on any atom is 0.243 e. The van der Waals surface area contributed by atoms with Gasteiger partial charge in [0, 0.05) is 43.5 Å². The standard InChI is InChI=1S/C23H32N4O4S/c1-17-9-10-20(31-12-11-24)13-22(17)25-23(28)16-26-14-18(2)27(19(3)15-26)32(29,30)21-7-5-4-6-8-21/h4-10,13,18-19H,11-12,14-16,24H2,1-3H3,(H,25,28). The van der Waals surface area contributed by atoms with E-state index < -0.39 is 10.0 Å². The Morgan fingerprint density at radius 2 is 1.78 bits per heavy atom. The number of amides is 1. The van der Waals surface area contributed by atoms with Crippen molar-refractivity contribution in [3.05, 3.63) is 54.1 Å². The molecule has 1 saturated heterocycles. The smallest absolute Gasteiger partial charge is 0.243 e. The molecule has 2 unspecified atom stereocenters. The number of carbonyl (C=O) groups excluding carboxylic acids is 1. The molecular weight excluding hydrogens is 428 g/mol. The van der Waals surface area contributed by atoms with Gasteiger partial charge in [0.2, 0.25) is 15.9 Å². The molecule has 1 fully saturated rings. The van der Waals surface area contributed by atoms with Gasteiger partial charge in [0.25, 0.3) is 0 Å². The molecule has 174 valence electrons. The first-order chi connectivity index (χ1) is 15.2. The summed E-state index contributed by atoms with van der Waals surface area (Å²) in [5, 5.41) is 2.95. The van der Waals surface area contributed by atoms with Gasteiger partial charge in [-0.15, -0.1) is 0 Å². The van der Waals surface area contributed by atoms with Crippen LogP contribution >= 0.6 is 0 Å². The van der Waals surface area contributed by atoms with Crippen molar-refractivity contribution >= 4 is 21.6 Å². The molecule has 0 bridgehead atoms. The van der Waals surface area contributed by atoms with Crippen LogP contribution in [0, 0.1) is 6.92 Å². The number of nitrogens with zero attached hydrogens (tertiary/aromatic N) is 2. The van der Waals surface area contributed by atoms with E-state index in [1.165, 1.54) is 0 Å². The zero-order valence-corrected chi connectivity index (χ0v) is 19.6. The van der Waals surface area contributed by atoms with E-state index in [9.17, 15) is 13.2 Å². The summed E-state index contributed by atoms with van der Waals surface area (Å²) in [4.78, 5) is 15.0. The second kappa shape index (κ2) is 10.4. The third-order valence-electron chi connectivity index (χ3n) is 5.47. The molecule has 0 saturated carbocycles. The van der Waals surface area contributed by atoms with Crippen molar-refractivity contribution < 1.29 is 17.9 Å². The predicted molar refractivity (Wildman–Crippen MR) is 125 cm³/mol. The first kappa shape index (κ1) is 24.2. The molecule has 1 aliphatic rings. The number of sulfonamides is 1. The Kier molecular flexibility index (Phi) is 7.89. The van der Waals surface area contributed by atoms with Crippen LogP contribution < -0.4 is 15.8 Å². The molecular formula is C23H32N4O4S. The molecule has 8 nitrogen and oxygen atoms in total. The Morgan fingerprint density at radius 3 is 2.41 bits per heavy atom. The van der Waals surface area contributed by atoms with Crippen LogP contribution in [0.4, 0.5) is 5.69 Å². The topological polar surface area (TPSA) is 105 Å². The molecule has 32 heavy (non-hydrogen) atoms. The summed E-state index contributed by atoms with van der Waals surface area (Å²) < 4.78 is 33.4. The summed E-state index contributed by atoms with van der Waals surface area (Å²) >= 11 is 0. The average Bonchev–Trinajstić information content (AvgIpc) is 2.74. The number of hydrogen-bond acceptors (Lipinski definition) is 6. The van der Waals surface area contributed by atoms with E-state index in [4.69, 9.17) is 10.5 Å². The molecule has 2 atom stereocenters. The lowest BCUT2D eigenvalue weighted by Crippen LogP contribution is -2.59. The maximum absolute atomic E-state index is 13.1. The van der Waals surface area contributed by atoms with Gasteiger partial charge >= 0.3 is 0 Å². The SMILES string of the molecule is Cc1ccc(OCCN)cc1NC(=O)CN1CC(C)N(S(=O)(=O)c2ccccc2)C(C)C1. The number of benzene rings is 2. The van der Waals surface area contributed by atoms with Gasteiger partial charge in [-0.3, -0.25) is 9.69 Å². The third kappa shape index (κ3) is 5.66. The highest BCUT2D eigenvalue weighted by Crippen LogP contribution is 2.26. The lowest BCUT2D eigenvalue weighted by Gasteiger charge is -2.43. The van der Waals surface area contributed by atoms with Crippen LogP contribution in [0.5, 0.6) is 5.75 Å². The van der Waals surface area contributed by atoms with Crippen LogP contribution in [-0.4, -0.2) is 68.4 Å². The van der Waals surface area contributed by atoms with Gasteiger partial charge in [-0.25, -0.2) is 8.42 Å². The van der Waals surface area contributed by atoms with Gasteiger partial charge in [-0.05, 0) is 44.5 Å². The monoisotopic (exact) mass is 460 g/mol. The molecule has 1 amide bonds. The molecule has 0 aliphatic carbocycles. The molecule has 0 aromatic heterocycles. The van der Waals surface area contributed by atoms with Crippen molar-refractivity contribution in [3.8, 4) is 5.75 Å². The first-order valence-corrected chi connectivity index (χ1v) is 12.2. The average molecular weight is 461 g/mol. The minimum absolute atomic E-state index is 0.150. The van der Waals surface area contributed by atoms with Gasteiger partial charge in [-0.1, -0.05) is 24.3 Å². The third-order valence-corrected chi connectivity index (χ3v) is 7.61. The van der Waals surface area contributed by atoms with Gasteiger partial charge in [-0.2, -0.15) is 4.31 Å². The molecule has 1 aliphatic heterocycles. The second-order valence-corrected chi connectivity index (χ2v) is 10.0. The predicted octanol–water partition coefficient (Wildman–Crippen LogP) is 2.05. The Labute approximate surface area is 190 Å². The fourth-order valence-corrected chi connectivity index (χ4v) is 5.95. The van der Waals surface area contributed by atoms with Crippen molar-refractivity contribution in [1.29, 1.82) is 0 Å². The summed E-state index contributed by atoms with van der Waals surface area (Å²) in [6.45, 7) is 7.62. The number of carbonyl (C=O) groups is 1. The number of nitrogens with one attached hydrogen (secondary N) is 1. The number of nitrogens with two attached hydrogens (primary N) is 1. The van der Waals surface area contributed by atoms with E-state index >= 15 is 0 Å². The lowest BCUT2D eigenvalue weighted by atomic mass is 10.1. The summed E-state index contributed by atoms with van der Waals surface area (Å²) in [6.07, 6.45) is 0. The second-order valence-electron chi connectivity index (χ2n) is 8.20. The quantitative estimate of drug-likeness (QED) is 0.625. The minimum atomic E-state index is -3.60. The van der Waals surface area contributed by atoms with Crippen LogP contribution in [0.2, 0.25) is 0 Å². The van der Waals surface area contributed by atoms with Crippen molar-refractivity contribution in [2.24, 2.45) is 5.73 Å². The molecule has 2 aromatic rings. The molecule has 1 heterocycles. The van der Waals surface area contributed by atoms with E-state index in [0.717, 1.165) is 5.56 Å². The van der Waals surface area contributed by atoms with E-state index in [0.29, 0.717) is 37.7 Å². The number of piperazine rings is 1. The first-order valence-electron chi connectivity index (χ1n) is 10.8. The van der Waals surface area contributed by atoms with Gasteiger partial charge in [0.15, 0.2) is 0 Å². The molecule has 2 aromatic carbocycles. The van der Waals surface area contributed by atoms with E-state index in [1.54, 1.807) is 40.7 Å².